The summed E-state index contributed by atoms with van der Waals surface area (Å²) in [7, 11) is 0. The molecule has 0 aliphatic rings. The highest BCUT2D eigenvalue weighted by molar-refractivity contribution is 9.10. The van der Waals surface area contributed by atoms with Crippen LogP contribution in [0.1, 0.15) is 36.2 Å². The molecule has 102 valence electrons. The van der Waals surface area contributed by atoms with E-state index in [9.17, 15) is 0 Å². The molecule has 2 aromatic rings. The lowest BCUT2D eigenvalue weighted by Crippen LogP contribution is -2.23. The van der Waals surface area contributed by atoms with Crippen LogP contribution in [0.4, 0.5) is 0 Å². The summed E-state index contributed by atoms with van der Waals surface area (Å²) >= 11 is 5.52. The van der Waals surface area contributed by atoms with Crippen molar-refractivity contribution in [3.63, 3.8) is 0 Å². The molecule has 19 heavy (non-hydrogen) atoms. The molecule has 1 nitrogen and oxygen atoms in total. The van der Waals surface area contributed by atoms with Gasteiger partial charge in [0.1, 0.15) is 0 Å². The Hall–Kier alpha value is -0.640. The van der Waals surface area contributed by atoms with Gasteiger partial charge >= 0.3 is 0 Å². The second-order valence-electron chi connectivity index (χ2n) is 4.65. The summed E-state index contributed by atoms with van der Waals surface area (Å²) in [4.78, 5) is 1.47. The molecule has 1 aromatic heterocycles. The molecule has 0 fully saturated rings. The van der Waals surface area contributed by atoms with Crippen LogP contribution >= 0.6 is 27.3 Å². The molecule has 1 atom stereocenters. The SMILES string of the molecule is CCCNC(CCc1cccs1)c1ccccc1Br. The molecule has 1 heterocycles. The van der Waals surface area contributed by atoms with Crippen LogP contribution in [-0.2, 0) is 6.42 Å². The van der Waals surface area contributed by atoms with Crippen LogP contribution in [0.5, 0.6) is 0 Å². The Kier molecular flexibility index (Phi) is 6.08. The van der Waals surface area contributed by atoms with E-state index < -0.39 is 0 Å². The van der Waals surface area contributed by atoms with Gasteiger partial charge in [-0.1, -0.05) is 47.1 Å². The Balaban J connectivity index is 2.05. The normalized spacial score (nSPS) is 12.5. The van der Waals surface area contributed by atoms with Gasteiger partial charge in [0.15, 0.2) is 0 Å². The van der Waals surface area contributed by atoms with Crippen LogP contribution < -0.4 is 5.32 Å². The first-order valence-electron chi connectivity index (χ1n) is 6.81. The van der Waals surface area contributed by atoms with E-state index in [1.54, 1.807) is 0 Å². The molecule has 0 aliphatic carbocycles. The first kappa shape index (κ1) is 14.8. The van der Waals surface area contributed by atoms with E-state index in [-0.39, 0.29) is 0 Å². The maximum atomic E-state index is 3.67. The predicted octanol–water partition coefficient (Wildman–Crippen LogP) is 5.18. The van der Waals surface area contributed by atoms with Gasteiger partial charge < -0.3 is 5.32 Å². The van der Waals surface area contributed by atoms with Crippen LogP contribution in [-0.4, -0.2) is 6.54 Å². The molecule has 0 spiro atoms. The van der Waals surface area contributed by atoms with Crippen LogP contribution in [0, 0.1) is 0 Å². The summed E-state index contributed by atoms with van der Waals surface area (Å²) in [5, 5.41) is 5.82. The van der Waals surface area contributed by atoms with Crippen molar-refractivity contribution >= 4 is 27.3 Å². The topological polar surface area (TPSA) is 12.0 Å². The third-order valence-corrected chi connectivity index (χ3v) is 4.84. The van der Waals surface area contributed by atoms with E-state index in [1.165, 1.54) is 21.3 Å². The standard InChI is InChI=1S/C16H20BrNS/c1-2-11-18-16(10-9-13-6-5-12-19-13)14-7-3-4-8-15(14)17/h3-8,12,16,18H,2,9-11H2,1H3. The maximum absolute atomic E-state index is 3.67. The number of thiophene rings is 1. The van der Waals surface area contributed by atoms with Crippen LogP contribution in [0.2, 0.25) is 0 Å². The summed E-state index contributed by atoms with van der Waals surface area (Å²) < 4.78 is 1.20. The molecule has 1 N–H and O–H groups in total. The summed E-state index contributed by atoms with van der Waals surface area (Å²) in [5.41, 5.74) is 1.37. The van der Waals surface area contributed by atoms with Crippen molar-refractivity contribution in [2.45, 2.75) is 32.2 Å². The maximum Gasteiger partial charge on any atom is 0.0334 e. The summed E-state index contributed by atoms with van der Waals surface area (Å²) in [6.07, 6.45) is 3.45. The van der Waals surface area contributed by atoms with Crippen molar-refractivity contribution in [1.82, 2.24) is 5.32 Å². The molecule has 0 amide bonds. The van der Waals surface area contributed by atoms with Gasteiger partial charge in [-0.05, 0) is 48.9 Å². The molecule has 0 radical (unpaired) electrons. The zero-order valence-electron chi connectivity index (χ0n) is 11.2. The van der Waals surface area contributed by atoms with E-state index in [2.05, 4.69) is 69.9 Å². The van der Waals surface area contributed by atoms with Gasteiger partial charge in [0.05, 0.1) is 0 Å². The molecule has 1 aromatic carbocycles. The first-order chi connectivity index (χ1) is 9.31. The molecular weight excluding hydrogens is 318 g/mol. The third kappa shape index (κ3) is 4.44. The highest BCUT2D eigenvalue weighted by Crippen LogP contribution is 2.27. The lowest BCUT2D eigenvalue weighted by atomic mass is 10.0. The summed E-state index contributed by atoms with van der Waals surface area (Å²) in [5.74, 6) is 0. The van der Waals surface area contributed by atoms with Crippen molar-refractivity contribution < 1.29 is 0 Å². The number of halogens is 1. The van der Waals surface area contributed by atoms with E-state index in [0.29, 0.717) is 6.04 Å². The van der Waals surface area contributed by atoms with Crippen LogP contribution in [0.3, 0.4) is 0 Å². The van der Waals surface area contributed by atoms with Crippen LogP contribution in [0.25, 0.3) is 0 Å². The van der Waals surface area contributed by atoms with Crippen molar-refractivity contribution in [2.75, 3.05) is 6.54 Å². The minimum absolute atomic E-state index is 0.428. The first-order valence-corrected chi connectivity index (χ1v) is 8.48. The van der Waals surface area contributed by atoms with Crippen molar-refractivity contribution in [2.24, 2.45) is 0 Å². The quantitative estimate of drug-likeness (QED) is 0.733. The van der Waals surface area contributed by atoms with Gasteiger partial charge in [0.2, 0.25) is 0 Å². The Morgan fingerprint density at radius 1 is 1.21 bits per heavy atom. The summed E-state index contributed by atoms with van der Waals surface area (Å²) in [6, 6.07) is 13.3. The molecule has 0 bridgehead atoms. The van der Waals surface area contributed by atoms with Crippen molar-refractivity contribution in [3.8, 4) is 0 Å². The molecule has 0 saturated heterocycles. The van der Waals surface area contributed by atoms with Gasteiger partial charge in [0, 0.05) is 15.4 Å². The van der Waals surface area contributed by atoms with Gasteiger partial charge in [-0.3, -0.25) is 0 Å². The van der Waals surface area contributed by atoms with Gasteiger partial charge in [-0.2, -0.15) is 0 Å². The third-order valence-electron chi connectivity index (χ3n) is 3.18. The Morgan fingerprint density at radius 2 is 2.05 bits per heavy atom. The Labute approximate surface area is 128 Å². The zero-order chi connectivity index (χ0) is 13.5. The number of rotatable bonds is 7. The monoisotopic (exact) mass is 337 g/mol. The second kappa shape index (κ2) is 7.83. The summed E-state index contributed by atoms with van der Waals surface area (Å²) in [6.45, 7) is 3.28. The minimum Gasteiger partial charge on any atom is -0.310 e. The Morgan fingerprint density at radius 3 is 2.74 bits per heavy atom. The fourth-order valence-corrected chi connectivity index (χ4v) is 3.47. The molecule has 3 heteroatoms. The molecule has 2 rings (SSSR count). The highest BCUT2D eigenvalue weighted by Gasteiger charge is 2.13. The van der Waals surface area contributed by atoms with E-state index in [1.807, 2.05) is 11.3 Å². The molecular formula is C16H20BrNS. The Bertz CT molecular complexity index is 481. The van der Waals surface area contributed by atoms with E-state index in [4.69, 9.17) is 0 Å². The van der Waals surface area contributed by atoms with Crippen molar-refractivity contribution in [3.05, 3.63) is 56.7 Å². The van der Waals surface area contributed by atoms with Gasteiger partial charge in [0.25, 0.3) is 0 Å². The largest absolute Gasteiger partial charge is 0.310 e. The van der Waals surface area contributed by atoms with Crippen molar-refractivity contribution in [1.29, 1.82) is 0 Å². The number of aryl methyl sites for hydroxylation is 1. The second-order valence-corrected chi connectivity index (χ2v) is 6.53. The molecule has 0 aliphatic heterocycles. The van der Waals surface area contributed by atoms with Gasteiger partial charge in [-0.15, -0.1) is 11.3 Å². The fraction of sp³-hybridized carbons (Fsp3) is 0.375. The number of benzene rings is 1. The zero-order valence-corrected chi connectivity index (χ0v) is 13.6. The number of hydrogen-bond donors (Lipinski definition) is 1. The molecule has 1 unspecified atom stereocenters. The highest BCUT2D eigenvalue weighted by atomic mass is 79.9. The predicted molar refractivity (Wildman–Crippen MR) is 87.8 cm³/mol. The van der Waals surface area contributed by atoms with Crippen LogP contribution in [0.15, 0.2) is 46.3 Å². The lowest BCUT2D eigenvalue weighted by Gasteiger charge is -2.20. The van der Waals surface area contributed by atoms with Gasteiger partial charge in [-0.25, -0.2) is 0 Å². The number of nitrogens with one attached hydrogen (secondary N) is 1. The smallest absolute Gasteiger partial charge is 0.0334 e. The van der Waals surface area contributed by atoms with E-state index in [0.717, 1.165) is 19.4 Å². The number of hydrogen-bond acceptors (Lipinski definition) is 2. The van der Waals surface area contributed by atoms with E-state index >= 15 is 0 Å². The average Bonchev–Trinajstić information content (AvgIpc) is 2.93. The minimum atomic E-state index is 0.428. The molecule has 0 saturated carbocycles. The fourth-order valence-electron chi connectivity index (χ4n) is 2.19. The average molecular weight is 338 g/mol. The lowest BCUT2D eigenvalue weighted by molar-refractivity contribution is 0.499.